The summed E-state index contributed by atoms with van der Waals surface area (Å²) in [6.45, 7) is 7.85. The first-order chi connectivity index (χ1) is 8.27. The first-order valence-corrected chi connectivity index (χ1v) is 5.83. The second-order valence-electron chi connectivity index (χ2n) is 5.44. The molecule has 1 aliphatic heterocycles. The van der Waals surface area contributed by atoms with Crippen LogP contribution in [0.15, 0.2) is 12.3 Å². The van der Waals surface area contributed by atoms with Gasteiger partial charge < -0.3 is 15.0 Å². The average Bonchev–Trinajstić information content (AvgIpc) is 2.49. The van der Waals surface area contributed by atoms with E-state index in [1.807, 2.05) is 27.7 Å². The summed E-state index contributed by atoms with van der Waals surface area (Å²) >= 11 is 0. The van der Waals surface area contributed by atoms with Crippen LogP contribution < -0.4 is 11.3 Å². The first kappa shape index (κ1) is 13.0. The minimum Gasteiger partial charge on any atom is -0.398 e. The predicted molar refractivity (Wildman–Crippen MR) is 69.8 cm³/mol. The fraction of sp³-hybridized carbons (Fsp3) is 0.500. The number of nitrogen functional groups attached to an aromatic ring is 1. The van der Waals surface area contributed by atoms with Crippen LogP contribution in [0.25, 0.3) is 0 Å². The number of carbonyl (C=O) groups is 1. The molecular formula is C12H17BN2O3. The fourth-order valence-corrected chi connectivity index (χ4v) is 1.69. The molecule has 0 atom stereocenters. The molecule has 1 fully saturated rings. The monoisotopic (exact) mass is 248 g/mol. The molecule has 0 aromatic carbocycles. The molecule has 0 unspecified atom stereocenters. The van der Waals surface area contributed by atoms with Crippen molar-refractivity contribution in [2.24, 2.45) is 0 Å². The molecule has 2 rings (SSSR count). The highest BCUT2D eigenvalue weighted by Gasteiger charge is 2.52. The Kier molecular flexibility index (Phi) is 2.95. The van der Waals surface area contributed by atoms with Crippen LogP contribution in [0.1, 0.15) is 38.1 Å². The highest BCUT2D eigenvalue weighted by atomic mass is 16.7. The van der Waals surface area contributed by atoms with Crippen LogP contribution in [0.5, 0.6) is 0 Å². The van der Waals surface area contributed by atoms with Crippen LogP contribution in [-0.4, -0.2) is 29.6 Å². The molecule has 1 aromatic heterocycles. The molecule has 2 N–H and O–H groups in total. The maximum atomic E-state index is 10.9. The molecule has 1 aromatic rings. The quantitative estimate of drug-likeness (QED) is 0.618. The Bertz CT molecular complexity index is 472. The third-order valence-corrected chi connectivity index (χ3v) is 3.61. The lowest BCUT2D eigenvalue weighted by Gasteiger charge is -2.32. The SMILES string of the molecule is CC1(C)OB(c2cc(C=O)c(N)cn2)OC1(C)C. The topological polar surface area (TPSA) is 74.4 Å². The average molecular weight is 248 g/mol. The maximum absolute atomic E-state index is 10.9. The Hall–Kier alpha value is -1.40. The van der Waals surface area contributed by atoms with Crippen LogP contribution in [0.4, 0.5) is 5.69 Å². The van der Waals surface area contributed by atoms with Crippen molar-refractivity contribution in [1.82, 2.24) is 4.98 Å². The number of aldehydes is 1. The van der Waals surface area contributed by atoms with Gasteiger partial charge in [-0.2, -0.15) is 0 Å². The molecule has 2 heterocycles. The molecule has 0 spiro atoms. The van der Waals surface area contributed by atoms with E-state index in [0.29, 0.717) is 23.1 Å². The molecule has 5 nitrogen and oxygen atoms in total. The van der Waals surface area contributed by atoms with Crippen LogP contribution in [0.2, 0.25) is 0 Å². The number of carbonyl (C=O) groups excluding carboxylic acids is 1. The summed E-state index contributed by atoms with van der Waals surface area (Å²) in [6.07, 6.45) is 2.15. The van der Waals surface area contributed by atoms with Gasteiger partial charge in [0.15, 0.2) is 6.29 Å². The molecule has 1 saturated heterocycles. The third-order valence-electron chi connectivity index (χ3n) is 3.61. The van der Waals surface area contributed by atoms with E-state index in [2.05, 4.69) is 4.98 Å². The van der Waals surface area contributed by atoms with Crippen molar-refractivity contribution in [3.8, 4) is 0 Å². The number of hydrogen-bond acceptors (Lipinski definition) is 5. The van der Waals surface area contributed by atoms with Crippen molar-refractivity contribution in [1.29, 1.82) is 0 Å². The van der Waals surface area contributed by atoms with Gasteiger partial charge in [0.2, 0.25) is 0 Å². The lowest BCUT2D eigenvalue weighted by atomic mass is 9.83. The molecule has 6 heteroatoms. The second-order valence-corrected chi connectivity index (χ2v) is 5.44. The number of nitrogens with zero attached hydrogens (tertiary/aromatic N) is 1. The summed E-state index contributed by atoms with van der Waals surface area (Å²) in [5.41, 5.74) is 6.08. The lowest BCUT2D eigenvalue weighted by Crippen LogP contribution is -2.41. The molecule has 0 radical (unpaired) electrons. The largest absolute Gasteiger partial charge is 0.514 e. The van der Waals surface area contributed by atoms with Crippen molar-refractivity contribution >= 4 is 24.7 Å². The Labute approximate surface area is 107 Å². The fourth-order valence-electron chi connectivity index (χ4n) is 1.69. The van der Waals surface area contributed by atoms with E-state index in [-0.39, 0.29) is 0 Å². The van der Waals surface area contributed by atoms with Crippen molar-refractivity contribution in [2.75, 3.05) is 5.73 Å². The molecular weight excluding hydrogens is 231 g/mol. The van der Waals surface area contributed by atoms with Crippen molar-refractivity contribution < 1.29 is 14.1 Å². The summed E-state index contributed by atoms with van der Waals surface area (Å²) in [5.74, 6) is 0. The van der Waals surface area contributed by atoms with Gasteiger partial charge in [0.05, 0.1) is 28.7 Å². The van der Waals surface area contributed by atoms with Crippen LogP contribution in [0, 0.1) is 0 Å². The Morgan fingerprint density at radius 1 is 1.28 bits per heavy atom. The van der Waals surface area contributed by atoms with E-state index >= 15 is 0 Å². The molecule has 0 aliphatic carbocycles. The Balaban J connectivity index is 2.32. The van der Waals surface area contributed by atoms with Gasteiger partial charge in [0.1, 0.15) is 0 Å². The smallest absolute Gasteiger partial charge is 0.398 e. The first-order valence-electron chi connectivity index (χ1n) is 5.83. The van der Waals surface area contributed by atoms with Crippen LogP contribution in [0.3, 0.4) is 0 Å². The molecule has 96 valence electrons. The van der Waals surface area contributed by atoms with E-state index in [9.17, 15) is 4.79 Å². The molecule has 0 saturated carbocycles. The highest BCUT2D eigenvalue weighted by Crippen LogP contribution is 2.36. The third kappa shape index (κ3) is 2.02. The van der Waals surface area contributed by atoms with Gasteiger partial charge in [0.25, 0.3) is 0 Å². The minimum absolute atomic E-state index is 0.352. The van der Waals surface area contributed by atoms with Crippen LogP contribution >= 0.6 is 0 Å². The number of rotatable bonds is 2. The van der Waals surface area contributed by atoms with E-state index in [1.165, 1.54) is 6.20 Å². The summed E-state index contributed by atoms with van der Waals surface area (Å²) in [6, 6.07) is 1.60. The molecule has 0 bridgehead atoms. The van der Waals surface area contributed by atoms with Gasteiger partial charge in [-0.3, -0.25) is 9.78 Å². The maximum Gasteiger partial charge on any atom is 0.514 e. The number of aromatic nitrogens is 1. The number of hydrogen-bond donors (Lipinski definition) is 1. The second kappa shape index (κ2) is 4.07. The summed E-state index contributed by atoms with van der Waals surface area (Å²) in [5, 5.41) is 0. The molecule has 18 heavy (non-hydrogen) atoms. The van der Waals surface area contributed by atoms with Crippen LogP contribution in [-0.2, 0) is 9.31 Å². The normalized spacial score (nSPS) is 21.0. The van der Waals surface area contributed by atoms with Crippen molar-refractivity contribution in [3.63, 3.8) is 0 Å². The predicted octanol–water partition coefficient (Wildman–Crippen LogP) is 0.775. The Morgan fingerprint density at radius 3 is 2.33 bits per heavy atom. The van der Waals surface area contributed by atoms with Gasteiger partial charge in [-0.1, -0.05) is 0 Å². The van der Waals surface area contributed by atoms with Crippen molar-refractivity contribution in [2.45, 2.75) is 38.9 Å². The van der Waals surface area contributed by atoms with E-state index in [1.54, 1.807) is 6.07 Å². The van der Waals surface area contributed by atoms with Gasteiger partial charge in [-0.15, -0.1) is 0 Å². The molecule has 1 aliphatic rings. The van der Waals surface area contributed by atoms with Gasteiger partial charge in [-0.25, -0.2) is 0 Å². The number of nitrogens with two attached hydrogens (primary N) is 1. The van der Waals surface area contributed by atoms with E-state index in [0.717, 1.165) is 0 Å². The zero-order valence-corrected chi connectivity index (χ0v) is 11.1. The summed E-state index contributed by atoms with van der Waals surface area (Å²) in [7, 11) is -0.575. The molecule has 0 amide bonds. The Morgan fingerprint density at radius 2 is 1.83 bits per heavy atom. The lowest BCUT2D eigenvalue weighted by molar-refractivity contribution is 0.00578. The zero-order valence-electron chi connectivity index (χ0n) is 11.1. The standard InChI is InChI=1S/C12H17BN2O3/c1-11(2)12(3,4)18-13(17-11)10-5-8(7-16)9(14)6-15-10/h5-7H,14H2,1-4H3. The van der Waals surface area contributed by atoms with Gasteiger partial charge in [0, 0.05) is 5.56 Å². The van der Waals surface area contributed by atoms with Gasteiger partial charge in [-0.05, 0) is 33.8 Å². The highest BCUT2D eigenvalue weighted by molar-refractivity contribution is 6.61. The summed E-state index contributed by atoms with van der Waals surface area (Å²) in [4.78, 5) is 15.0. The van der Waals surface area contributed by atoms with Gasteiger partial charge >= 0.3 is 7.12 Å². The van der Waals surface area contributed by atoms with E-state index in [4.69, 9.17) is 15.0 Å². The number of anilines is 1. The number of pyridine rings is 1. The van der Waals surface area contributed by atoms with Crippen molar-refractivity contribution in [3.05, 3.63) is 17.8 Å². The summed E-state index contributed by atoms with van der Waals surface area (Å²) < 4.78 is 11.7. The zero-order chi connectivity index (χ0) is 13.6. The minimum atomic E-state index is -0.575. The van der Waals surface area contributed by atoms with E-state index < -0.39 is 18.3 Å².